The molecule has 0 amide bonds. The molecule has 0 radical (unpaired) electrons. The van der Waals surface area contributed by atoms with Gasteiger partial charge in [-0.1, -0.05) is 5.16 Å². The predicted molar refractivity (Wildman–Crippen MR) is 84.9 cm³/mol. The smallest absolute Gasteiger partial charge is 0.293 e. The standard InChI is InChI=1S/C16H17N5O2/c1-20-6-8-21(9-7-20)12-4-5-17-13(11-12)15-18-16(23-19-15)14-3-2-10-22-14/h2-5,10-11H,6-9H2,1H3. The first-order valence-electron chi connectivity index (χ1n) is 7.57. The number of aromatic nitrogens is 3. The molecular weight excluding hydrogens is 294 g/mol. The van der Waals surface area contributed by atoms with Gasteiger partial charge in [-0.3, -0.25) is 4.98 Å². The molecule has 0 spiro atoms. The van der Waals surface area contributed by atoms with Gasteiger partial charge >= 0.3 is 0 Å². The summed E-state index contributed by atoms with van der Waals surface area (Å²) >= 11 is 0. The Kier molecular flexibility index (Phi) is 3.55. The van der Waals surface area contributed by atoms with E-state index >= 15 is 0 Å². The van der Waals surface area contributed by atoms with Crippen LogP contribution in [0, 0.1) is 0 Å². The minimum Gasteiger partial charge on any atom is -0.459 e. The van der Waals surface area contributed by atoms with E-state index in [0.717, 1.165) is 31.9 Å². The zero-order valence-corrected chi connectivity index (χ0v) is 12.8. The predicted octanol–water partition coefficient (Wildman–Crippen LogP) is 2.14. The van der Waals surface area contributed by atoms with E-state index in [1.54, 1.807) is 24.6 Å². The molecule has 3 aromatic heterocycles. The maximum absolute atomic E-state index is 5.27. The van der Waals surface area contributed by atoms with Gasteiger partial charge in [0.2, 0.25) is 5.82 Å². The van der Waals surface area contributed by atoms with Gasteiger partial charge in [0.05, 0.1) is 6.26 Å². The van der Waals surface area contributed by atoms with Crippen LogP contribution >= 0.6 is 0 Å². The SMILES string of the molecule is CN1CCN(c2ccnc(-c3noc(-c4ccco4)n3)c2)CC1. The van der Waals surface area contributed by atoms with E-state index < -0.39 is 0 Å². The third kappa shape index (κ3) is 2.83. The summed E-state index contributed by atoms with van der Waals surface area (Å²) in [6, 6.07) is 7.58. The van der Waals surface area contributed by atoms with Crippen molar-refractivity contribution in [3.63, 3.8) is 0 Å². The second-order valence-corrected chi connectivity index (χ2v) is 5.59. The van der Waals surface area contributed by atoms with E-state index in [9.17, 15) is 0 Å². The molecule has 0 aromatic carbocycles. The number of hydrogen-bond acceptors (Lipinski definition) is 7. The Bertz CT molecular complexity index is 775. The second-order valence-electron chi connectivity index (χ2n) is 5.59. The summed E-state index contributed by atoms with van der Waals surface area (Å²) in [5, 5.41) is 4.01. The molecule has 3 aromatic rings. The van der Waals surface area contributed by atoms with Crippen molar-refractivity contribution in [1.82, 2.24) is 20.0 Å². The van der Waals surface area contributed by atoms with Gasteiger partial charge in [-0.25, -0.2) is 0 Å². The topological polar surface area (TPSA) is 71.4 Å². The highest BCUT2D eigenvalue weighted by molar-refractivity contribution is 5.60. The van der Waals surface area contributed by atoms with Crippen molar-refractivity contribution in [3.8, 4) is 23.2 Å². The molecule has 0 N–H and O–H groups in total. The van der Waals surface area contributed by atoms with Crippen LogP contribution in [0.15, 0.2) is 45.7 Å². The fourth-order valence-corrected chi connectivity index (χ4v) is 2.63. The Morgan fingerprint density at radius 2 is 2.00 bits per heavy atom. The molecule has 0 saturated carbocycles. The maximum atomic E-state index is 5.27. The molecule has 23 heavy (non-hydrogen) atoms. The number of nitrogens with zero attached hydrogens (tertiary/aromatic N) is 5. The lowest BCUT2D eigenvalue weighted by molar-refractivity contribution is 0.313. The quantitative estimate of drug-likeness (QED) is 0.734. The van der Waals surface area contributed by atoms with Gasteiger partial charge in [0, 0.05) is 38.1 Å². The number of pyridine rings is 1. The van der Waals surface area contributed by atoms with Crippen LogP contribution in [0.3, 0.4) is 0 Å². The lowest BCUT2D eigenvalue weighted by Gasteiger charge is -2.34. The van der Waals surface area contributed by atoms with Crippen LogP contribution in [-0.2, 0) is 0 Å². The van der Waals surface area contributed by atoms with Crippen LogP contribution in [0.4, 0.5) is 5.69 Å². The van der Waals surface area contributed by atoms with E-state index in [-0.39, 0.29) is 0 Å². The molecule has 7 heteroatoms. The zero-order chi connectivity index (χ0) is 15.6. The van der Waals surface area contributed by atoms with Crippen molar-refractivity contribution in [3.05, 3.63) is 36.7 Å². The monoisotopic (exact) mass is 311 g/mol. The van der Waals surface area contributed by atoms with Gasteiger partial charge < -0.3 is 18.7 Å². The van der Waals surface area contributed by atoms with Crippen molar-refractivity contribution in [2.45, 2.75) is 0 Å². The average molecular weight is 311 g/mol. The third-order valence-corrected chi connectivity index (χ3v) is 4.00. The largest absolute Gasteiger partial charge is 0.459 e. The first kappa shape index (κ1) is 14.0. The summed E-state index contributed by atoms with van der Waals surface area (Å²) in [5.74, 6) is 1.38. The van der Waals surface area contributed by atoms with E-state index in [1.807, 2.05) is 12.1 Å². The highest BCUT2D eigenvalue weighted by Gasteiger charge is 2.17. The number of furan rings is 1. The summed E-state index contributed by atoms with van der Waals surface area (Å²) in [6.45, 7) is 4.12. The molecule has 1 saturated heterocycles. The highest BCUT2D eigenvalue weighted by atomic mass is 16.5. The molecule has 7 nitrogen and oxygen atoms in total. The van der Waals surface area contributed by atoms with Gasteiger partial charge in [0.15, 0.2) is 5.76 Å². The number of rotatable bonds is 3. The number of hydrogen-bond donors (Lipinski definition) is 0. The van der Waals surface area contributed by atoms with Crippen molar-refractivity contribution in [2.75, 3.05) is 38.1 Å². The van der Waals surface area contributed by atoms with Crippen molar-refractivity contribution in [1.29, 1.82) is 0 Å². The first-order chi connectivity index (χ1) is 11.3. The van der Waals surface area contributed by atoms with Gasteiger partial charge in [0.25, 0.3) is 5.89 Å². The van der Waals surface area contributed by atoms with Crippen LogP contribution < -0.4 is 4.90 Å². The van der Waals surface area contributed by atoms with Gasteiger partial charge in [-0.2, -0.15) is 4.98 Å². The summed E-state index contributed by atoms with van der Waals surface area (Å²) in [7, 11) is 2.14. The summed E-state index contributed by atoms with van der Waals surface area (Å²) < 4.78 is 10.5. The van der Waals surface area contributed by atoms with Crippen LogP contribution in [0.25, 0.3) is 23.2 Å². The molecular formula is C16H17N5O2. The van der Waals surface area contributed by atoms with Crippen LogP contribution in [0.2, 0.25) is 0 Å². The van der Waals surface area contributed by atoms with Gasteiger partial charge in [-0.05, 0) is 31.3 Å². The van der Waals surface area contributed by atoms with Gasteiger partial charge in [0.1, 0.15) is 5.69 Å². The van der Waals surface area contributed by atoms with Crippen LogP contribution in [-0.4, -0.2) is 53.3 Å². The lowest BCUT2D eigenvalue weighted by Crippen LogP contribution is -2.44. The lowest BCUT2D eigenvalue weighted by atomic mass is 10.2. The molecule has 4 rings (SSSR count). The zero-order valence-electron chi connectivity index (χ0n) is 12.8. The van der Waals surface area contributed by atoms with E-state index in [0.29, 0.717) is 23.2 Å². The fraction of sp³-hybridized carbons (Fsp3) is 0.312. The summed E-state index contributed by atoms with van der Waals surface area (Å²) in [4.78, 5) is 13.4. The number of piperazine rings is 1. The Labute approximate surface area is 133 Å². The van der Waals surface area contributed by atoms with Gasteiger partial charge in [-0.15, -0.1) is 0 Å². The Morgan fingerprint density at radius 3 is 2.78 bits per heavy atom. The molecule has 0 bridgehead atoms. The van der Waals surface area contributed by atoms with E-state index in [4.69, 9.17) is 8.94 Å². The minimum absolute atomic E-state index is 0.358. The summed E-state index contributed by atoms with van der Waals surface area (Å²) in [5.41, 5.74) is 1.83. The number of anilines is 1. The van der Waals surface area contributed by atoms with E-state index in [1.165, 1.54) is 0 Å². The van der Waals surface area contributed by atoms with Crippen molar-refractivity contribution >= 4 is 5.69 Å². The average Bonchev–Trinajstić information content (AvgIpc) is 3.27. The molecule has 4 heterocycles. The first-order valence-corrected chi connectivity index (χ1v) is 7.57. The third-order valence-electron chi connectivity index (χ3n) is 4.00. The Hall–Kier alpha value is -2.67. The highest BCUT2D eigenvalue weighted by Crippen LogP contribution is 2.24. The molecule has 0 atom stereocenters. The maximum Gasteiger partial charge on any atom is 0.293 e. The number of likely N-dealkylation sites (N-methyl/N-ethyl adjacent to an activating group) is 1. The van der Waals surface area contributed by atoms with Crippen LogP contribution in [0.5, 0.6) is 0 Å². The Morgan fingerprint density at radius 1 is 1.13 bits per heavy atom. The molecule has 1 fully saturated rings. The summed E-state index contributed by atoms with van der Waals surface area (Å²) in [6.07, 6.45) is 3.36. The normalized spacial score (nSPS) is 16.0. The van der Waals surface area contributed by atoms with Crippen molar-refractivity contribution in [2.24, 2.45) is 0 Å². The molecule has 118 valence electrons. The molecule has 0 aliphatic carbocycles. The molecule has 1 aliphatic rings. The van der Waals surface area contributed by atoms with E-state index in [2.05, 4.69) is 32.0 Å². The second kappa shape index (κ2) is 5.85. The van der Waals surface area contributed by atoms with Crippen molar-refractivity contribution < 1.29 is 8.94 Å². The van der Waals surface area contributed by atoms with Crippen LogP contribution in [0.1, 0.15) is 0 Å². The fourth-order valence-electron chi connectivity index (χ4n) is 2.63. The Balaban J connectivity index is 1.59. The molecule has 0 unspecified atom stereocenters. The minimum atomic E-state index is 0.358. The molecule has 1 aliphatic heterocycles.